The molecule has 1 aliphatic heterocycles. The van der Waals surface area contributed by atoms with E-state index in [4.69, 9.17) is 5.73 Å². The maximum atomic E-state index is 5.63. The number of nitrogens with zero attached hydrogens (tertiary/aromatic N) is 2. The van der Waals surface area contributed by atoms with E-state index in [2.05, 4.69) is 23.7 Å². The molecule has 0 aromatic carbocycles. The Hall–Kier alpha value is -0.900. The predicted molar refractivity (Wildman–Crippen MR) is 67.4 cm³/mol. The maximum Gasteiger partial charge on any atom is 0.128 e. The van der Waals surface area contributed by atoms with Crippen molar-refractivity contribution < 1.29 is 0 Å². The fraction of sp³-hybridized carbons (Fsp3) is 0.545. The summed E-state index contributed by atoms with van der Waals surface area (Å²) in [6, 6.07) is 4.47. The van der Waals surface area contributed by atoms with Gasteiger partial charge in [0.1, 0.15) is 5.82 Å². The summed E-state index contributed by atoms with van der Waals surface area (Å²) in [6.45, 7) is 5.61. The van der Waals surface area contributed by atoms with Gasteiger partial charge in [-0.25, -0.2) is 4.98 Å². The molecule has 3 nitrogen and oxygen atoms in total. The van der Waals surface area contributed by atoms with Crippen LogP contribution in [0, 0.1) is 0 Å². The van der Waals surface area contributed by atoms with E-state index in [0.717, 1.165) is 18.1 Å². The van der Waals surface area contributed by atoms with Gasteiger partial charge in [-0.3, -0.25) is 0 Å². The van der Waals surface area contributed by atoms with Crippen LogP contribution in [-0.4, -0.2) is 28.6 Å². The lowest BCUT2D eigenvalue weighted by Gasteiger charge is -2.38. The topological polar surface area (TPSA) is 42.1 Å². The van der Waals surface area contributed by atoms with Gasteiger partial charge in [0.25, 0.3) is 0 Å². The first kappa shape index (κ1) is 10.6. The van der Waals surface area contributed by atoms with E-state index < -0.39 is 0 Å². The molecule has 2 rings (SSSR count). The molecular weight excluding hydrogens is 206 g/mol. The molecule has 2 heterocycles. The third-order valence-corrected chi connectivity index (χ3v) is 4.29. The Labute approximate surface area is 95.1 Å². The van der Waals surface area contributed by atoms with E-state index in [1.165, 1.54) is 5.75 Å². The molecule has 15 heavy (non-hydrogen) atoms. The quantitative estimate of drug-likeness (QED) is 0.790. The SMILES string of the molecule is CC1SCCN(c2ccc(N)cn2)C1C. The molecule has 2 atom stereocenters. The first-order valence-corrected chi connectivity index (χ1v) is 6.33. The van der Waals surface area contributed by atoms with Gasteiger partial charge in [-0.15, -0.1) is 0 Å². The smallest absolute Gasteiger partial charge is 0.128 e. The molecule has 1 aliphatic rings. The van der Waals surface area contributed by atoms with E-state index >= 15 is 0 Å². The number of aromatic nitrogens is 1. The van der Waals surface area contributed by atoms with Gasteiger partial charge < -0.3 is 10.6 Å². The lowest BCUT2D eigenvalue weighted by molar-refractivity contribution is 0.620. The second kappa shape index (κ2) is 4.31. The zero-order chi connectivity index (χ0) is 10.8. The second-order valence-corrected chi connectivity index (χ2v) is 5.44. The van der Waals surface area contributed by atoms with Crippen molar-refractivity contribution in [2.75, 3.05) is 22.9 Å². The molecule has 2 N–H and O–H groups in total. The fourth-order valence-corrected chi connectivity index (χ4v) is 2.92. The summed E-state index contributed by atoms with van der Waals surface area (Å²) in [4.78, 5) is 6.74. The average Bonchev–Trinajstić information content (AvgIpc) is 2.24. The minimum atomic E-state index is 0.542. The summed E-state index contributed by atoms with van der Waals surface area (Å²) < 4.78 is 0. The van der Waals surface area contributed by atoms with Crippen LogP contribution in [0.4, 0.5) is 11.5 Å². The van der Waals surface area contributed by atoms with Gasteiger partial charge in [-0.2, -0.15) is 11.8 Å². The van der Waals surface area contributed by atoms with Crippen LogP contribution in [0.1, 0.15) is 13.8 Å². The Kier molecular flexibility index (Phi) is 3.05. The van der Waals surface area contributed by atoms with Crippen LogP contribution in [0.3, 0.4) is 0 Å². The Balaban J connectivity index is 2.18. The van der Waals surface area contributed by atoms with Gasteiger partial charge in [0.2, 0.25) is 0 Å². The van der Waals surface area contributed by atoms with Crippen LogP contribution in [0.25, 0.3) is 0 Å². The van der Waals surface area contributed by atoms with E-state index in [1.54, 1.807) is 6.20 Å². The highest BCUT2D eigenvalue weighted by molar-refractivity contribution is 8.00. The third-order valence-electron chi connectivity index (χ3n) is 2.95. The molecule has 0 aliphatic carbocycles. The van der Waals surface area contributed by atoms with Gasteiger partial charge in [-0.05, 0) is 19.1 Å². The highest BCUT2D eigenvalue weighted by Crippen LogP contribution is 2.27. The molecular formula is C11H17N3S. The number of thioether (sulfide) groups is 1. The van der Waals surface area contributed by atoms with Crippen LogP contribution >= 0.6 is 11.8 Å². The molecule has 0 bridgehead atoms. The lowest BCUT2D eigenvalue weighted by Crippen LogP contribution is -2.45. The minimum absolute atomic E-state index is 0.542. The number of pyridine rings is 1. The molecule has 1 fully saturated rings. The van der Waals surface area contributed by atoms with Crippen molar-refractivity contribution in [1.82, 2.24) is 4.98 Å². The summed E-state index contributed by atoms with van der Waals surface area (Å²) >= 11 is 2.03. The van der Waals surface area contributed by atoms with Gasteiger partial charge in [0, 0.05) is 23.6 Å². The van der Waals surface area contributed by atoms with Crippen LogP contribution in [-0.2, 0) is 0 Å². The monoisotopic (exact) mass is 223 g/mol. The Morgan fingerprint density at radius 1 is 1.47 bits per heavy atom. The van der Waals surface area contributed by atoms with Crippen molar-refractivity contribution in [2.24, 2.45) is 0 Å². The molecule has 0 amide bonds. The van der Waals surface area contributed by atoms with Crippen LogP contribution in [0.2, 0.25) is 0 Å². The lowest BCUT2D eigenvalue weighted by atomic mass is 10.2. The molecule has 1 saturated heterocycles. The summed E-state index contributed by atoms with van der Waals surface area (Å²) in [5, 5.41) is 0.665. The largest absolute Gasteiger partial charge is 0.397 e. The highest BCUT2D eigenvalue weighted by Gasteiger charge is 2.25. The number of rotatable bonds is 1. The van der Waals surface area contributed by atoms with Crippen LogP contribution < -0.4 is 10.6 Å². The number of nitrogens with two attached hydrogens (primary N) is 1. The summed E-state index contributed by atoms with van der Waals surface area (Å²) in [7, 11) is 0. The second-order valence-electron chi connectivity index (χ2n) is 3.96. The van der Waals surface area contributed by atoms with Crippen molar-refractivity contribution in [1.29, 1.82) is 0 Å². The van der Waals surface area contributed by atoms with E-state index in [1.807, 2.05) is 23.9 Å². The van der Waals surface area contributed by atoms with E-state index in [0.29, 0.717) is 11.3 Å². The number of hydrogen-bond acceptors (Lipinski definition) is 4. The van der Waals surface area contributed by atoms with Gasteiger partial charge in [0.15, 0.2) is 0 Å². The standard InChI is InChI=1S/C11H17N3S/c1-8-9(2)15-6-5-14(8)11-4-3-10(12)7-13-11/h3-4,7-9H,5-6,12H2,1-2H3. The zero-order valence-corrected chi connectivity index (χ0v) is 10.00. The van der Waals surface area contributed by atoms with Gasteiger partial charge in [-0.1, -0.05) is 6.92 Å². The number of hydrogen-bond donors (Lipinski definition) is 1. The van der Waals surface area contributed by atoms with Crippen molar-refractivity contribution in [3.05, 3.63) is 18.3 Å². The predicted octanol–water partition coefficient (Wildman–Crippen LogP) is 1.99. The zero-order valence-electron chi connectivity index (χ0n) is 9.18. The third kappa shape index (κ3) is 2.20. The molecule has 82 valence electrons. The van der Waals surface area contributed by atoms with Crippen molar-refractivity contribution in [3.63, 3.8) is 0 Å². The van der Waals surface area contributed by atoms with E-state index in [-0.39, 0.29) is 0 Å². The maximum absolute atomic E-state index is 5.63. The van der Waals surface area contributed by atoms with Crippen LogP contribution in [0.5, 0.6) is 0 Å². The molecule has 1 aromatic rings. The number of nitrogen functional groups attached to an aromatic ring is 1. The Bertz CT molecular complexity index is 325. The van der Waals surface area contributed by atoms with Crippen LogP contribution in [0.15, 0.2) is 18.3 Å². The number of anilines is 2. The Morgan fingerprint density at radius 2 is 2.27 bits per heavy atom. The first-order chi connectivity index (χ1) is 7.18. The minimum Gasteiger partial charge on any atom is -0.397 e. The normalized spacial score (nSPS) is 26.7. The average molecular weight is 223 g/mol. The molecule has 4 heteroatoms. The van der Waals surface area contributed by atoms with Crippen molar-refractivity contribution >= 4 is 23.3 Å². The molecule has 0 radical (unpaired) electrons. The molecule has 1 aromatic heterocycles. The first-order valence-electron chi connectivity index (χ1n) is 5.28. The summed E-state index contributed by atoms with van der Waals surface area (Å²) in [5.74, 6) is 2.22. The molecule has 0 spiro atoms. The highest BCUT2D eigenvalue weighted by atomic mass is 32.2. The Morgan fingerprint density at radius 3 is 2.93 bits per heavy atom. The van der Waals surface area contributed by atoms with Gasteiger partial charge >= 0.3 is 0 Å². The molecule has 2 unspecified atom stereocenters. The summed E-state index contributed by atoms with van der Waals surface area (Å²) in [6.07, 6.45) is 1.73. The van der Waals surface area contributed by atoms with Gasteiger partial charge in [0.05, 0.1) is 11.9 Å². The molecule has 0 saturated carbocycles. The summed E-state index contributed by atoms with van der Waals surface area (Å²) in [5.41, 5.74) is 6.36. The fourth-order valence-electron chi connectivity index (χ4n) is 1.82. The van der Waals surface area contributed by atoms with Crippen molar-refractivity contribution in [3.8, 4) is 0 Å². The van der Waals surface area contributed by atoms with Crippen molar-refractivity contribution in [2.45, 2.75) is 25.1 Å². The van der Waals surface area contributed by atoms with E-state index in [9.17, 15) is 0 Å².